The fourth-order valence-electron chi connectivity index (χ4n) is 3.51. The minimum absolute atomic E-state index is 0.106. The van der Waals surface area contributed by atoms with Gasteiger partial charge < -0.3 is 14.3 Å². The molecule has 0 spiro atoms. The molecule has 3 aromatic rings. The summed E-state index contributed by atoms with van der Waals surface area (Å²) in [5, 5.41) is 4.07. The van der Waals surface area contributed by atoms with Crippen LogP contribution in [0.4, 0.5) is 5.82 Å². The molecule has 4 rings (SSSR count). The van der Waals surface area contributed by atoms with E-state index in [2.05, 4.69) is 20.1 Å². The summed E-state index contributed by atoms with van der Waals surface area (Å²) in [6, 6.07) is 9.62. The van der Waals surface area contributed by atoms with Gasteiger partial charge in [0.15, 0.2) is 0 Å². The predicted molar refractivity (Wildman–Crippen MR) is 109 cm³/mol. The van der Waals surface area contributed by atoms with Gasteiger partial charge in [-0.2, -0.15) is 4.98 Å². The van der Waals surface area contributed by atoms with Gasteiger partial charge in [-0.05, 0) is 12.8 Å². The number of carbonyl (C=O) groups is 1. The summed E-state index contributed by atoms with van der Waals surface area (Å²) in [4.78, 5) is 29.5. The number of anilines is 1. The van der Waals surface area contributed by atoms with Gasteiger partial charge in [0.05, 0.1) is 6.54 Å². The van der Waals surface area contributed by atoms with Gasteiger partial charge in [-0.25, -0.2) is 9.97 Å². The van der Waals surface area contributed by atoms with Crippen molar-refractivity contribution < 1.29 is 9.32 Å². The Morgan fingerprint density at radius 1 is 1.14 bits per heavy atom. The van der Waals surface area contributed by atoms with Crippen LogP contribution in [-0.2, 0) is 4.79 Å². The molecule has 1 fully saturated rings. The summed E-state index contributed by atoms with van der Waals surface area (Å²) < 4.78 is 5.47. The van der Waals surface area contributed by atoms with Crippen LogP contribution in [0.2, 0.25) is 0 Å². The number of hydrogen-bond donors (Lipinski definition) is 0. The third kappa shape index (κ3) is 4.42. The fraction of sp³-hybridized carbons (Fsp3) is 0.381. The molecule has 1 saturated heterocycles. The van der Waals surface area contributed by atoms with Crippen LogP contribution in [-0.4, -0.2) is 57.6 Å². The van der Waals surface area contributed by atoms with Crippen LogP contribution in [0.25, 0.3) is 22.8 Å². The third-order valence-corrected chi connectivity index (χ3v) is 5.07. The molecule has 1 aliphatic heterocycles. The maximum absolute atomic E-state index is 12.8. The first kappa shape index (κ1) is 19.0. The normalized spacial score (nSPS) is 14.4. The van der Waals surface area contributed by atoms with Crippen molar-refractivity contribution in [2.45, 2.75) is 25.7 Å². The Morgan fingerprint density at radius 2 is 1.90 bits per heavy atom. The van der Waals surface area contributed by atoms with Crippen molar-refractivity contribution in [1.82, 2.24) is 25.0 Å². The Hall–Kier alpha value is -3.29. The van der Waals surface area contributed by atoms with Crippen molar-refractivity contribution in [2.24, 2.45) is 0 Å². The number of hydrogen-bond acceptors (Lipinski definition) is 7. The summed E-state index contributed by atoms with van der Waals surface area (Å²) in [5.41, 5.74) is 1.47. The van der Waals surface area contributed by atoms with E-state index in [1.165, 1.54) is 19.2 Å². The number of carbonyl (C=O) groups excluding carboxylic acids is 1. The van der Waals surface area contributed by atoms with Crippen LogP contribution in [0.15, 0.2) is 47.4 Å². The predicted octanol–water partition coefficient (Wildman–Crippen LogP) is 3.03. The number of benzene rings is 1. The maximum atomic E-state index is 12.8. The second-order valence-corrected chi connectivity index (χ2v) is 7.20. The quantitative estimate of drug-likeness (QED) is 0.659. The molecule has 0 saturated carbocycles. The van der Waals surface area contributed by atoms with Crippen molar-refractivity contribution in [1.29, 1.82) is 0 Å². The lowest BCUT2D eigenvalue weighted by molar-refractivity contribution is -0.129. The highest BCUT2D eigenvalue weighted by atomic mass is 16.5. The van der Waals surface area contributed by atoms with Gasteiger partial charge in [0, 0.05) is 31.9 Å². The largest absolute Gasteiger partial charge is 0.350 e. The van der Waals surface area contributed by atoms with E-state index in [1.807, 2.05) is 47.2 Å². The highest BCUT2D eigenvalue weighted by Gasteiger charge is 2.22. The topological polar surface area (TPSA) is 88.3 Å². The lowest BCUT2D eigenvalue weighted by Crippen LogP contribution is -2.40. The molecular weight excluding hydrogens is 368 g/mol. The van der Waals surface area contributed by atoms with E-state index in [1.54, 1.807) is 6.20 Å². The fourth-order valence-corrected chi connectivity index (χ4v) is 3.51. The maximum Gasteiger partial charge on any atom is 0.263 e. The van der Waals surface area contributed by atoms with Crippen molar-refractivity contribution in [3.05, 3.63) is 42.9 Å². The van der Waals surface area contributed by atoms with E-state index in [0.717, 1.165) is 31.5 Å². The first-order valence-corrected chi connectivity index (χ1v) is 9.91. The Morgan fingerprint density at radius 3 is 2.66 bits per heavy atom. The summed E-state index contributed by atoms with van der Waals surface area (Å²) in [5.74, 6) is 1.52. The molecule has 0 atom stereocenters. The zero-order chi connectivity index (χ0) is 20.1. The number of amides is 1. The van der Waals surface area contributed by atoms with E-state index < -0.39 is 0 Å². The Balaban J connectivity index is 1.54. The van der Waals surface area contributed by atoms with Crippen LogP contribution < -0.4 is 4.90 Å². The first-order valence-electron chi connectivity index (χ1n) is 9.91. The molecule has 8 nitrogen and oxygen atoms in total. The molecule has 0 radical (unpaired) electrons. The third-order valence-electron chi connectivity index (χ3n) is 5.07. The van der Waals surface area contributed by atoms with Gasteiger partial charge in [-0.1, -0.05) is 48.3 Å². The number of likely N-dealkylation sites (N-methyl/N-ethyl adjacent to an activating group) is 1. The Bertz CT molecular complexity index is 951. The average Bonchev–Trinajstić information content (AvgIpc) is 3.09. The molecule has 0 aliphatic carbocycles. The average molecular weight is 392 g/mol. The van der Waals surface area contributed by atoms with Gasteiger partial charge in [0.2, 0.25) is 11.7 Å². The van der Waals surface area contributed by atoms with Gasteiger partial charge in [0.1, 0.15) is 17.7 Å². The number of aromatic nitrogens is 4. The number of nitrogens with zero attached hydrogens (tertiary/aromatic N) is 6. The zero-order valence-corrected chi connectivity index (χ0v) is 16.5. The van der Waals surface area contributed by atoms with Crippen molar-refractivity contribution in [2.75, 3.05) is 31.6 Å². The van der Waals surface area contributed by atoms with Crippen LogP contribution >= 0.6 is 0 Å². The smallest absolute Gasteiger partial charge is 0.263 e. The molecular formula is C21H24N6O2. The first-order chi connectivity index (χ1) is 14.2. The molecule has 3 heterocycles. The molecule has 0 bridgehead atoms. The van der Waals surface area contributed by atoms with Crippen LogP contribution in [0.3, 0.4) is 0 Å². The highest BCUT2D eigenvalue weighted by Crippen LogP contribution is 2.28. The molecule has 0 N–H and O–H groups in total. The molecule has 0 unspecified atom stereocenters. The van der Waals surface area contributed by atoms with E-state index in [9.17, 15) is 4.79 Å². The van der Waals surface area contributed by atoms with Gasteiger partial charge in [-0.3, -0.25) is 4.79 Å². The van der Waals surface area contributed by atoms with E-state index in [4.69, 9.17) is 4.52 Å². The Labute approximate surface area is 169 Å². The van der Waals surface area contributed by atoms with Crippen molar-refractivity contribution >= 4 is 11.7 Å². The van der Waals surface area contributed by atoms with E-state index in [-0.39, 0.29) is 12.5 Å². The molecule has 1 amide bonds. The monoisotopic (exact) mass is 392 g/mol. The number of likely N-dealkylation sites (tertiary alicyclic amines) is 1. The highest BCUT2D eigenvalue weighted by molar-refractivity contribution is 5.83. The molecule has 1 aliphatic rings. The van der Waals surface area contributed by atoms with Crippen LogP contribution in [0.1, 0.15) is 25.7 Å². The Kier molecular flexibility index (Phi) is 5.79. The standard InChI is InChI=1S/C21H24N6O2/c1-26(14-18(28)27-11-7-2-3-8-12-27)20-17(13-22-15-23-20)21-24-19(25-29-21)16-9-5-4-6-10-16/h4-6,9-10,13,15H,2-3,7-8,11-12,14H2,1H3. The van der Waals surface area contributed by atoms with Gasteiger partial charge in [0.25, 0.3) is 5.89 Å². The molecule has 150 valence electrons. The summed E-state index contributed by atoms with van der Waals surface area (Å²) >= 11 is 0. The second-order valence-electron chi connectivity index (χ2n) is 7.20. The lowest BCUT2D eigenvalue weighted by Gasteiger charge is -2.25. The van der Waals surface area contributed by atoms with Gasteiger partial charge >= 0.3 is 0 Å². The van der Waals surface area contributed by atoms with Crippen LogP contribution in [0.5, 0.6) is 0 Å². The minimum atomic E-state index is 0.106. The summed E-state index contributed by atoms with van der Waals surface area (Å²) in [6.45, 7) is 1.89. The van der Waals surface area contributed by atoms with Gasteiger partial charge in [-0.15, -0.1) is 0 Å². The lowest BCUT2D eigenvalue weighted by atomic mass is 10.2. The van der Waals surface area contributed by atoms with Crippen molar-refractivity contribution in [3.8, 4) is 22.8 Å². The molecule has 8 heteroatoms. The summed E-state index contributed by atoms with van der Waals surface area (Å²) in [6.07, 6.45) is 7.61. The second kappa shape index (κ2) is 8.81. The van der Waals surface area contributed by atoms with Crippen molar-refractivity contribution in [3.63, 3.8) is 0 Å². The summed E-state index contributed by atoms with van der Waals surface area (Å²) in [7, 11) is 1.84. The minimum Gasteiger partial charge on any atom is -0.350 e. The SMILES string of the molecule is CN(CC(=O)N1CCCCCC1)c1ncncc1-c1nc(-c2ccccc2)no1. The molecule has 2 aromatic heterocycles. The van der Waals surface area contributed by atoms with Crippen LogP contribution in [0, 0.1) is 0 Å². The molecule has 29 heavy (non-hydrogen) atoms. The molecule has 1 aromatic carbocycles. The van der Waals surface area contributed by atoms with E-state index in [0.29, 0.717) is 23.1 Å². The number of rotatable bonds is 5. The van der Waals surface area contributed by atoms with E-state index >= 15 is 0 Å². The zero-order valence-electron chi connectivity index (χ0n) is 16.5.